The van der Waals surface area contributed by atoms with E-state index in [1.165, 1.54) is 39.5 Å². The molecule has 2 amide bonds. The van der Waals surface area contributed by atoms with Gasteiger partial charge in [-0.3, -0.25) is 14.6 Å². The fraction of sp³-hybridized carbons (Fsp3) is 0.167. The summed E-state index contributed by atoms with van der Waals surface area (Å²) in [6, 6.07) is 3.13. The van der Waals surface area contributed by atoms with E-state index in [1.807, 2.05) is 0 Å². The summed E-state index contributed by atoms with van der Waals surface area (Å²) >= 11 is 0. The highest BCUT2D eigenvalue weighted by atomic mass is 16.5. The number of ether oxygens (including phenoxy) is 2. The number of hydrogen-bond donors (Lipinski definition) is 2. The molecule has 0 aliphatic heterocycles. The van der Waals surface area contributed by atoms with E-state index in [0.717, 1.165) is 0 Å². The highest BCUT2D eigenvalue weighted by Gasteiger charge is 2.16. The van der Waals surface area contributed by atoms with E-state index in [4.69, 9.17) is 4.74 Å². The molecule has 0 unspecified atom stereocenters. The predicted octanol–water partition coefficient (Wildman–Crippen LogP) is 2.12. The van der Waals surface area contributed by atoms with Crippen LogP contribution in [-0.4, -0.2) is 42.0 Å². The number of nitrogens with zero attached hydrogens (tertiary/aromatic N) is 2. The maximum absolute atomic E-state index is 12.3. The van der Waals surface area contributed by atoms with Crippen molar-refractivity contribution in [2.45, 2.75) is 6.92 Å². The predicted molar refractivity (Wildman–Crippen MR) is 97.5 cm³/mol. The SMILES string of the molecule is CO/C=C\C(=O)c1cc2cnc3/c(=N\C(=O)OC)cc(NC(C)=O)c([nH]1)c23. The zero-order chi connectivity index (χ0) is 19.6. The van der Waals surface area contributed by atoms with Crippen LogP contribution in [0, 0.1) is 0 Å². The lowest BCUT2D eigenvalue weighted by Gasteiger charge is -2.10. The van der Waals surface area contributed by atoms with Gasteiger partial charge >= 0.3 is 6.09 Å². The van der Waals surface area contributed by atoms with Gasteiger partial charge in [-0.15, -0.1) is 0 Å². The number of carbonyl (C=O) groups excluding carboxylic acids is 3. The largest absolute Gasteiger partial charge is 0.504 e. The third kappa shape index (κ3) is 3.47. The molecular weight excluding hydrogens is 352 g/mol. The molecule has 9 heteroatoms. The molecule has 0 radical (unpaired) electrons. The van der Waals surface area contributed by atoms with Crippen molar-refractivity contribution in [2.75, 3.05) is 19.5 Å². The number of benzene rings is 1. The number of H-pyrrole nitrogens is 1. The number of carbonyl (C=O) groups is 3. The van der Waals surface area contributed by atoms with E-state index in [9.17, 15) is 14.4 Å². The summed E-state index contributed by atoms with van der Waals surface area (Å²) < 4.78 is 9.35. The van der Waals surface area contributed by atoms with Crippen molar-refractivity contribution < 1.29 is 23.9 Å². The van der Waals surface area contributed by atoms with Gasteiger partial charge in [0.25, 0.3) is 0 Å². The number of rotatable bonds is 4. The number of aromatic amines is 1. The highest BCUT2D eigenvalue weighted by molar-refractivity contribution is 6.16. The van der Waals surface area contributed by atoms with Gasteiger partial charge in [0, 0.05) is 30.0 Å². The molecule has 3 aromatic rings. The molecule has 0 aliphatic rings. The summed E-state index contributed by atoms with van der Waals surface area (Å²) in [6.45, 7) is 1.35. The number of nitrogens with one attached hydrogen (secondary N) is 2. The van der Waals surface area contributed by atoms with Gasteiger partial charge in [0.15, 0.2) is 0 Å². The lowest BCUT2D eigenvalue weighted by molar-refractivity contribution is -0.114. The first kappa shape index (κ1) is 18.1. The first-order chi connectivity index (χ1) is 12.9. The van der Waals surface area contributed by atoms with Gasteiger partial charge in [0.2, 0.25) is 11.7 Å². The van der Waals surface area contributed by atoms with E-state index in [0.29, 0.717) is 27.5 Å². The number of allylic oxidation sites excluding steroid dienone is 1. The van der Waals surface area contributed by atoms with E-state index in [-0.39, 0.29) is 22.7 Å². The topological polar surface area (TPSA) is 123 Å². The van der Waals surface area contributed by atoms with Crippen molar-refractivity contribution in [1.29, 1.82) is 0 Å². The number of methoxy groups -OCH3 is 2. The maximum Gasteiger partial charge on any atom is 0.433 e. The number of hydrogen-bond acceptors (Lipinski definition) is 6. The Labute approximate surface area is 153 Å². The second-order valence-corrected chi connectivity index (χ2v) is 5.60. The quantitative estimate of drug-likeness (QED) is 0.413. The van der Waals surface area contributed by atoms with Crippen LogP contribution in [0.15, 0.2) is 35.7 Å². The average molecular weight is 368 g/mol. The highest BCUT2D eigenvalue weighted by Crippen LogP contribution is 2.29. The van der Waals surface area contributed by atoms with Crippen LogP contribution < -0.4 is 10.7 Å². The van der Waals surface area contributed by atoms with Gasteiger partial charge in [-0.05, 0) is 12.1 Å². The van der Waals surface area contributed by atoms with E-state index in [2.05, 4.69) is 25.0 Å². The third-order valence-corrected chi connectivity index (χ3v) is 3.78. The summed E-state index contributed by atoms with van der Waals surface area (Å²) in [6.07, 6.45) is 3.32. The standard InChI is InChI=1S/C18H16N4O5/c1-9(23)20-13-7-12(22-18(25)27-3)16-15-10(8-19-16)6-11(21-17(13)15)14(24)4-5-26-2/h4-8,21H,1-3H3,(H,20,23)/b5-4-,22-12-. The van der Waals surface area contributed by atoms with E-state index in [1.54, 1.807) is 12.3 Å². The number of aromatic nitrogens is 2. The Bertz CT molecular complexity index is 1150. The first-order valence-electron chi connectivity index (χ1n) is 7.86. The normalized spacial score (nSPS) is 12.0. The second-order valence-electron chi connectivity index (χ2n) is 5.60. The van der Waals surface area contributed by atoms with Gasteiger partial charge < -0.3 is 19.8 Å². The molecule has 9 nitrogen and oxygen atoms in total. The van der Waals surface area contributed by atoms with Gasteiger partial charge in [0.1, 0.15) is 0 Å². The monoisotopic (exact) mass is 368 g/mol. The Morgan fingerprint density at radius 1 is 1.26 bits per heavy atom. The molecule has 27 heavy (non-hydrogen) atoms. The van der Waals surface area contributed by atoms with E-state index < -0.39 is 6.09 Å². The fourth-order valence-electron chi connectivity index (χ4n) is 2.70. The summed E-state index contributed by atoms with van der Waals surface area (Å²) in [5.41, 5.74) is 1.59. The summed E-state index contributed by atoms with van der Waals surface area (Å²) in [7, 11) is 2.66. The van der Waals surface area contributed by atoms with Crippen LogP contribution in [0.3, 0.4) is 0 Å². The minimum absolute atomic E-state index is 0.250. The number of anilines is 1. The third-order valence-electron chi connectivity index (χ3n) is 3.78. The second kappa shape index (κ2) is 7.24. The molecule has 0 atom stereocenters. The molecule has 2 aromatic heterocycles. The van der Waals surface area contributed by atoms with E-state index >= 15 is 0 Å². The van der Waals surface area contributed by atoms with Crippen LogP contribution >= 0.6 is 0 Å². The molecule has 2 heterocycles. The summed E-state index contributed by atoms with van der Waals surface area (Å²) in [5.74, 6) is -0.631. The lowest BCUT2D eigenvalue weighted by atomic mass is 10.1. The zero-order valence-electron chi connectivity index (χ0n) is 14.8. The Morgan fingerprint density at radius 3 is 2.70 bits per heavy atom. The molecule has 0 saturated carbocycles. The van der Waals surface area contributed by atoms with Crippen molar-refractivity contribution in [3.63, 3.8) is 0 Å². The Morgan fingerprint density at radius 2 is 2.04 bits per heavy atom. The van der Waals surface area contributed by atoms with Crippen LogP contribution in [0.2, 0.25) is 0 Å². The fourth-order valence-corrected chi connectivity index (χ4v) is 2.70. The summed E-state index contributed by atoms with van der Waals surface area (Å²) in [4.78, 5) is 46.7. The Balaban J connectivity index is 2.34. The van der Waals surface area contributed by atoms with Crippen molar-refractivity contribution in [3.8, 4) is 0 Å². The molecule has 0 saturated heterocycles. The van der Waals surface area contributed by atoms with Crippen LogP contribution in [-0.2, 0) is 14.3 Å². The van der Waals surface area contributed by atoms with Crippen molar-refractivity contribution >= 4 is 45.3 Å². The number of ketones is 1. The summed E-state index contributed by atoms with van der Waals surface area (Å²) in [5, 5.41) is 4.22. The van der Waals surface area contributed by atoms with Crippen LogP contribution in [0.4, 0.5) is 10.5 Å². The molecule has 0 aliphatic carbocycles. The van der Waals surface area contributed by atoms with Crippen LogP contribution in [0.25, 0.3) is 21.8 Å². The van der Waals surface area contributed by atoms with Gasteiger partial charge in [-0.2, -0.15) is 4.99 Å². The minimum Gasteiger partial charge on any atom is -0.504 e. The smallest absolute Gasteiger partial charge is 0.433 e. The molecular formula is C18H16N4O5. The molecule has 1 aromatic carbocycles. The molecule has 3 rings (SSSR count). The first-order valence-corrected chi connectivity index (χ1v) is 7.86. The van der Waals surface area contributed by atoms with Gasteiger partial charge in [0.05, 0.1) is 48.3 Å². The van der Waals surface area contributed by atoms with Crippen LogP contribution in [0.5, 0.6) is 0 Å². The molecule has 2 N–H and O–H groups in total. The number of amides is 2. The molecule has 0 bridgehead atoms. The average Bonchev–Trinajstić information content (AvgIpc) is 3.07. The lowest BCUT2D eigenvalue weighted by Crippen LogP contribution is -2.14. The molecule has 138 valence electrons. The van der Waals surface area contributed by atoms with Crippen molar-refractivity contribution in [3.05, 3.63) is 41.7 Å². The molecule has 0 fully saturated rings. The molecule has 0 spiro atoms. The van der Waals surface area contributed by atoms with Crippen molar-refractivity contribution in [2.24, 2.45) is 4.99 Å². The maximum atomic E-state index is 12.3. The van der Waals surface area contributed by atoms with Crippen LogP contribution in [0.1, 0.15) is 17.4 Å². The Hall–Kier alpha value is -3.75. The van der Waals surface area contributed by atoms with Crippen molar-refractivity contribution in [1.82, 2.24) is 9.97 Å². The number of pyridine rings is 1. The van der Waals surface area contributed by atoms with Gasteiger partial charge in [-0.25, -0.2) is 4.79 Å². The zero-order valence-corrected chi connectivity index (χ0v) is 14.8. The Kier molecular flexibility index (Phi) is 4.84. The van der Waals surface area contributed by atoms with Gasteiger partial charge in [-0.1, -0.05) is 0 Å². The minimum atomic E-state index is -0.788.